The molecule has 1 amide bonds. The molecule has 9 heteroatoms. The summed E-state index contributed by atoms with van der Waals surface area (Å²) in [6, 6.07) is 13.3. The Balaban J connectivity index is 1.76. The minimum Gasteiger partial charge on any atom is -0.403 e. The standard InChI is InChI=1S/C19H19N3O4S2/c1-12(2)28(24,25)16-9-7-13(8-10-16)18-21-22-19(26-18)20-17(23)14-5-4-6-15(11-14)27-3/h4-12H,1-3H3,(H,20,22,23). The highest BCUT2D eigenvalue weighted by Crippen LogP contribution is 2.24. The number of carbonyl (C=O) groups is 1. The van der Waals surface area contributed by atoms with Crippen molar-refractivity contribution in [2.75, 3.05) is 11.6 Å². The molecule has 0 saturated heterocycles. The SMILES string of the molecule is CSc1cccc(C(=O)Nc2nnc(-c3ccc(S(=O)(=O)C(C)C)cc3)o2)c1. The van der Waals surface area contributed by atoms with E-state index >= 15 is 0 Å². The molecule has 0 aliphatic carbocycles. The van der Waals surface area contributed by atoms with Crippen LogP contribution >= 0.6 is 11.8 Å². The van der Waals surface area contributed by atoms with Crippen molar-refractivity contribution >= 4 is 33.5 Å². The number of sulfone groups is 1. The van der Waals surface area contributed by atoms with Gasteiger partial charge in [-0.15, -0.1) is 16.9 Å². The Morgan fingerprint density at radius 2 is 1.82 bits per heavy atom. The first kappa shape index (κ1) is 20.1. The summed E-state index contributed by atoms with van der Waals surface area (Å²) in [5.41, 5.74) is 1.04. The molecule has 0 fully saturated rings. The number of thioether (sulfide) groups is 1. The number of aromatic nitrogens is 2. The lowest BCUT2D eigenvalue weighted by molar-refractivity contribution is 0.102. The van der Waals surface area contributed by atoms with E-state index in [1.807, 2.05) is 12.3 Å². The fourth-order valence-electron chi connectivity index (χ4n) is 2.38. The summed E-state index contributed by atoms with van der Waals surface area (Å²) in [6.07, 6.45) is 1.93. The van der Waals surface area contributed by atoms with Crippen LogP contribution < -0.4 is 5.32 Å². The highest BCUT2D eigenvalue weighted by atomic mass is 32.2. The van der Waals surface area contributed by atoms with E-state index in [1.54, 1.807) is 44.2 Å². The quantitative estimate of drug-likeness (QED) is 0.607. The van der Waals surface area contributed by atoms with E-state index in [2.05, 4.69) is 15.5 Å². The molecule has 0 aliphatic rings. The van der Waals surface area contributed by atoms with E-state index in [1.165, 1.54) is 23.9 Å². The van der Waals surface area contributed by atoms with Crippen molar-refractivity contribution in [1.29, 1.82) is 0 Å². The maximum absolute atomic E-state index is 12.3. The number of benzene rings is 2. The van der Waals surface area contributed by atoms with E-state index < -0.39 is 15.1 Å². The van der Waals surface area contributed by atoms with E-state index in [4.69, 9.17) is 4.42 Å². The van der Waals surface area contributed by atoms with Crippen molar-refractivity contribution in [3.8, 4) is 11.5 Å². The van der Waals surface area contributed by atoms with Crippen LogP contribution in [0.15, 0.2) is 62.7 Å². The van der Waals surface area contributed by atoms with E-state index in [-0.39, 0.29) is 22.7 Å². The molecule has 0 aliphatic heterocycles. The Labute approximate surface area is 167 Å². The maximum atomic E-state index is 12.3. The Kier molecular flexibility index (Phi) is 5.85. The van der Waals surface area contributed by atoms with Gasteiger partial charge in [0.1, 0.15) is 0 Å². The van der Waals surface area contributed by atoms with Gasteiger partial charge in [-0.25, -0.2) is 8.42 Å². The Morgan fingerprint density at radius 1 is 1.11 bits per heavy atom. The van der Waals surface area contributed by atoms with E-state index in [0.29, 0.717) is 11.1 Å². The molecule has 0 unspecified atom stereocenters. The average molecular weight is 418 g/mol. The maximum Gasteiger partial charge on any atom is 0.322 e. The molecule has 0 bridgehead atoms. The van der Waals surface area contributed by atoms with Gasteiger partial charge in [-0.3, -0.25) is 10.1 Å². The van der Waals surface area contributed by atoms with Gasteiger partial charge in [-0.1, -0.05) is 11.2 Å². The van der Waals surface area contributed by atoms with Crippen molar-refractivity contribution in [1.82, 2.24) is 10.2 Å². The lowest BCUT2D eigenvalue weighted by atomic mass is 10.2. The molecule has 0 atom stereocenters. The number of nitrogens with one attached hydrogen (secondary N) is 1. The number of hydrogen-bond donors (Lipinski definition) is 1. The summed E-state index contributed by atoms with van der Waals surface area (Å²) in [7, 11) is -3.35. The van der Waals surface area contributed by atoms with E-state index in [9.17, 15) is 13.2 Å². The van der Waals surface area contributed by atoms with Gasteiger partial charge in [-0.05, 0) is 62.6 Å². The second-order valence-corrected chi connectivity index (χ2v) is 9.60. The van der Waals surface area contributed by atoms with Gasteiger partial charge in [0, 0.05) is 16.0 Å². The molecule has 0 saturated carbocycles. The van der Waals surface area contributed by atoms with Gasteiger partial charge in [0.15, 0.2) is 9.84 Å². The van der Waals surface area contributed by atoms with Crippen molar-refractivity contribution in [3.05, 3.63) is 54.1 Å². The summed E-state index contributed by atoms with van der Waals surface area (Å²) in [4.78, 5) is 13.5. The van der Waals surface area contributed by atoms with Gasteiger partial charge in [-0.2, -0.15) is 0 Å². The molecule has 0 radical (unpaired) electrons. The highest BCUT2D eigenvalue weighted by molar-refractivity contribution is 7.98. The van der Waals surface area contributed by atoms with E-state index in [0.717, 1.165) is 4.90 Å². The molecular formula is C19H19N3O4S2. The smallest absolute Gasteiger partial charge is 0.322 e. The fraction of sp³-hybridized carbons (Fsp3) is 0.211. The average Bonchev–Trinajstić information content (AvgIpc) is 3.16. The van der Waals surface area contributed by atoms with Crippen LogP contribution in [0.3, 0.4) is 0 Å². The number of hydrogen-bond acceptors (Lipinski definition) is 7. The van der Waals surface area contributed by atoms with Gasteiger partial charge in [0.2, 0.25) is 5.89 Å². The molecule has 1 aromatic heterocycles. The lowest BCUT2D eigenvalue weighted by Crippen LogP contribution is -2.13. The zero-order valence-electron chi connectivity index (χ0n) is 15.5. The van der Waals surface area contributed by atoms with Crippen molar-refractivity contribution in [2.45, 2.75) is 28.9 Å². The first-order valence-corrected chi connectivity index (χ1v) is 11.2. The molecule has 3 aromatic rings. The largest absolute Gasteiger partial charge is 0.403 e. The lowest BCUT2D eigenvalue weighted by Gasteiger charge is -2.07. The Bertz CT molecular complexity index is 1090. The third kappa shape index (κ3) is 4.26. The monoisotopic (exact) mass is 417 g/mol. The predicted molar refractivity (Wildman–Crippen MR) is 108 cm³/mol. The second-order valence-electron chi connectivity index (χ2n) is 6.22. The van der Waals surface area contributed by atoms with Crippen LogP contribution in [0.4, 0.5) is 6.01 Å². The molecule has 0 spiro atoms. The molecule has 1 N–H and O–H groups in total. The molecular weight excluding hydrogens is 398 g/mol. The minimum absolute atomic E-state index is 0.0339. The second kappa shape index (κ2) is 8.15. The summed E-state index contributed by atoms with van der Waals surface area (Å²) in [5.74, 6) is -0.175. The number of amides is 1. The van der Waals surface area contributed by atoms with Gasteiger partial charge >= 0.3 is 6.01 Å². The third-order valence-electron chi connectivity index (χ3n) is 4.03. The van der Waals surface area contributed by atoms with Gasteiger partial charge in [0.25, 0.3) is 5.91 Å². The first-order chi connectivity index (χ1) is 13.3. The van der Waals surface area contributed by atoms with Crippen molar-refractivity contribution in [3.63, 3.8) is 0 Å². The highest BCUT2D eigenvalue weighted by Gasteiger charge is 2.19. The van der Waals surface area contributed by atoms with Gasteiger partial charge in [0.05, 0.1) is 10.1 Å². The molecule has 1 heterocycles. The summed E-state index contributed by atoms with van der Waals surface area (Å²) in [6.45, 7) is 3.26. The van der Waals surface area contributed by atoms with Gasteiger partial charge < -0.3 is 4.42 Å². The minimum atomic E-state index is -3.35. The van der Waals surface area contributed by atoms with Crippen LogP contribution in [0.2, 0.25) is 0 Å². The normalized spacial score (nSPS) is 11.6. The molecule has 7 nitrogen and oxygen atoms in total. The zero-order valence-corrected chi connectivity index (χ0v) is 17.2. The fourth-order valence-corrected chi connectivity index (χ4v) is 3.90. The summed E-state index contributed by atoms with van der Waals surface area (Å²) in [5, 5.41) is 9.80. The van der Waals surface area contributed by atoms with Crippen LogP contribution in [0.5, 0.6) is 0 Å². The van der Waals surface area contributed by atoms with Crippen LogP contribution in [-0.2, 0) is 9.84 Å². The first-order valence-electron chi connectivity index (χ1n) is 8.44. The Morgan fingerprint density at radius 3 is 2.46 bits per heavy atom. The van der Waals surface area contributed by atoms with Crippen molar-refractivity contribution < 1.29 is 17.6 Å². The molecule has 28 heavy (non-hydrogen) atoms. The Hall–Kier alpha value is -2.65. The number of nitrogens with zero attached hydrogens (tertiary/aromatic N) is 2. The summed E-state index contributed by atoms with van der Waals surface area (Å²) < 4.78 is 29.9. The molecule has 2 aromatic carbocycles. The van der Waals surface area contributed by atoms with Crippen LogP contribution in [0.25, 0.3) is 11.5 Å². The third-order valence-corrected chi connectivity index (χ3v) is 6.92. The summed E-state index contributed by atoms with van der Waals surface area (Å²) >= 11 is 1.54. The van der Waals surface area contributed by atoms with Crippen molar-refractivity contribution in [2.24, 2.45) is 0 Å². The number of carbonyl (C=O) groups excluding carboxylic acids is 1. The molecule has 146 valence electrons. The topological polar surface area (TPSA) is 102 Å². The number of anilines is 1. The van der Waals surface area contributed by atoms with Crippen LogP contribution in [0.1, 0.15) is 24.2 Å². The van der Waals surface area contributed by atoms with Crippen LogP contribution in [-0.4, -0.2) is 36.0 Å². The predicted octanol–water partition coefficient (Wildman–Crippen LogP) is 3.89. The number of rotatable bonds is 6. The van der Waals surface area contributed by atoms with Crippen LogP contribution in [0, 0.1) is 0 Å². The zero-order chi connectivity index (χ0) is 20.3. The molecule has 3 rings (SSSR count).